The van der Waals surface area contributed by atoms with E-state index in [9.17, 15) is 4.79 Å². The molecule has 0 aliphatic carbocycles. The molecule has 0 radical (unpaired) electrons. The molecule has 0 saturated carbocycles. The molecule has 0 unspecified atom stereocenters. The van der Waals surface area contributed by atoms with Gasteiger partial charge in [0, 0.05) is 12.6 Å². The third-order valence-electron chi connectivity index (χ3n) is 1.47. The van der Waals surface area contributed by atoms with Gasteiger partial charge >= 0.3 is 5.69 Å². The van der Waals surface area contributed by atoms with Gasteiger partial charge in [0.15, 0.2) is 0 Å². The van der Waals surface area contributed by atoms with Gasteiger partial charge in [-0.05, 0) is 12.5 Å². The van der Waals surface area contributed by atoms with E-state index in [2.05, 4.69) is 5.10 Å². The van der Waals surface area contributed by atoms with E-state index in [0.29, 0.717) is 6.54 Å². The molecule has 0 fully saturated rings. The Morgan fingerprint density at radius 3 is 2.92 bits per heavy atom. The Bertz CT molecular complexity index is 350. The Morgan fingerprint density at radius 2 is 2.50 bits per heavy atom. The minimum atomic E-state index is -0.132. The fraction of sp³-hybridized carbons (Fsp3) is 0.429. The highest BCUT2D eigenvalue weighted by molar-refractivity contribution is 6.25. The van der Waals surface area contributed by atoms with E-state index in [1.807, 2.05) is 6.92 Å². The molecule has 5 heteroatoms. The first kappa shape index (κ1) is 9.06. The lowest BCUT2D eigenvalue weighted by Gasteiger charge is -1.96. The van der Waals surface area contributed by atoms with Crippen molar-refractivity contribution >= 4 is 11.6 Å². The van der Waals surface area contributed by atoms with Gasteiger partial charge in [-0.3, -0.25) is 4.57 Å². The Kier molecular flexibility index (Phi) is 2.70. The topological polar surface area (TPSA) is 39.8 Å². The smallest absolute Gasteiger partial charge is 0.285 e. The Morgan fingerprint density at radius 1 is 1.83 bits per heavy atom. The summed E-state index contributed by atoms with van der Waals surface area (Å²) in [7, 11) is 1.66. The van der Waals surface area contributed by atoms with Gasteiger partial charge in [0.05, 0.1) is 6.54 Å². The van der Waals surface area contributed by atoms with Crippen LogP contribution in [0, 0.1) is 0 Å². The van der Waals surface area contributed by atoms with Crippen LogP contribution in [-0.4, -0.2) is 14.3 Å². The van der Waals surface area contributed by atoms with Crippen LogP contribution < -0.4 is 5.69 Å². The summed E-state index contributed by atoms with van der Waals surface area (Å²) in [5, 5.41) is 3.87. The molecular weight excluding hydrogens is 178 g/mol. The van der Waals surface area contributed by atoms with Crippen LogP contribution in [-0.2, 0) is 13.6 Å². The van der Waals surface area contributed by atoms with Crippen molar-refractivity contribution in [1.29, 1.82) is 0 Å². The van der Waals surface area contributed by atoms with Gasteiger partial charge in [0.25, 0.3) is 0 Å². The molecule has 0 amide bonds. The number of allylic oxidation sites excluding steroid dienone is 1. The van der Waals surface area contributed by atoms with Crippen molar-refractivity contribution in [3.63, 3.8) is 0 Å². The van der Waals surface area contributed by atoms with Gasteiger partial charge in [-0.2, -0.15) is 5.10 Å². The third-order valence-corrected chi connectivity index (χ3v) is 1.84. The van der Waals surface area contributed by atoms with Crippen LogP contribution in [0.3, 0.4) is 0 Å². The predicted octanol–water partition coefficient (Wildman–Crippen LogP) is 0.724. The SMILES string of the molecule is C/C(=C\Cl)Cn1ncn(C)c1=O. The molecular formula is C7H10ClN3O. The Labute approximate surface area is 75.1 Å². The average Bonchev–Trinajstić information content (AvgIpc) is 2.36. The summed E-state index contributed by atoms with van der Waals surface area (Å²) in [5.74, 6) is 0. The predicted molar refractivity (Wildman–Crippen MR) is 47.1 cm³/mol. The van der Waals surface area contributed by atoms with E-state index >= 15 is 0 Å². The zero-order valence-electron chi connectivity index (χ0n) is 6.99. The van der Waals surface area contributed by atoms with Crippen LogP contribution in [0.25, 0.3) is 0 Å². The summed E-state index contributed by atoms with van der Waals surface area (Å²) in [5.41, 5.74) is 2.21. The van der Waals surface area contributed by atoms with Crippen molar-refractivity contribution in [3.05, 3.63) is 27.9 Å². The lowest BCUT2D eigenvalue weighted by molar-refractivity contribution is 0.639. The van der Waals surface area contributed by atoms with Crippen LogP contribution in [0.4, 0.5) is 0 Å². The van der Waals surface area contributed by atoms with Crippen molar-refractivity contribution in [2.24, 2.45) is 7.05 Å². The molecule has 1 aromatic rings. The Balaban J connectivity index is 2.91. The maximum Gasteiger partial charge on any atom is 0.345 e. The molecule has 66 valence electrons. The molecule has 0 N–H and O–H groups in total. The number of aromatic nitrogens is 3. The Hall–Kier alpha value is -1.03. The van der Waals surface area contributed by atoms with Gasteiger partial charge in [-0.25, -0.2) is 9.48 Å². The van der Waals surface area contributed by atoms with Crippen LogP contribution in [0.1, 0.15) is 6.92 Å². The molecule has 12 heavy (non-hydrogen) atoms. The first-order valence-corrected chi connectivity index (χ1v) is 3.93. The first-order valence-electron chi connectivity index (χ1n) is 3.49. The molecule has 0 aliphatic rings. The van der Waals surface area contributed by atoms with Crippen molar-refractivity contribution in [1.82, 2.24) is 14.3 Å². The molecule has 0 bridgehead atoms. The summed E-state index contributed by atoms with van der Waals surface area (Å²) in [4.78, 5) is 11.2. The number of halogens is 1. The molecule has 1 aromatic heterocycles. The van der Waals surface area contributed by atoms with Crippen molar-refractivity contribution in [2.45, 2.75) is 13.5 Å². The molecule has 4 nitrogen and oxygen atoms in total. The van der Waals surface area contributed by atoms with Gasteiger partial charge in [0.2, 0.25) is 0 Å². The number of hydrogen-bond acceptors (Lipinski definition) is 2. The van der Waals surface area contributed by atoms with Crippen molar-refractivity contribution in [3.8, 4) is 0 Å². The molecule has 1 heterocycles. The second-order valence-electron chi connectivity index (χ2n) is 2.64. The molecule has 0 aliphatic heterocycles. The van der Waals surface area contributed by atoms with E-state index < -0.39 is 0 Å². The van der Waals surface area contributed by atoms with Gasteiger partial charge < -0.3 is 0 Å². The summed E-state index contributed by atoms with van der Waals surface area (Å²) >= 11 is 5.45. The average molecular weight is 188 g/mol. The fourth-order valence-electron chi connectivity index (χ4n) is 0.800. The molecule has 0 spiro atoms. The standard InChI is InChI=1S/C7H10ClN3O/c1-6(3-8)4-11-7(12)10(2)5-9-11/h3,5H,4H2,1-2H3/b6-3+. The van der Waals surface area contributed by atoms with E-state index in [1.54, 1.807) is 7.05 Å². The second-order valence-corrected chi connectivity index (χ2v) is 2.86. The third kappa shape index (κ3) is 1.76. The normalized spacial score (nSPS) is 12.1. The summed E-state index contributed by atoms with van der Waals surface area (Å²) in [6.07, 6.45) is 1.48. The van der Waals surface area contributed by atoms with Crippen LogP contribution >= 0.6 is 11.6 Å². The maximum atomic E-state index is 11.2. The summed E-state index contributed by atoms with van der Waals surface area (Å²) in [6.45, 7) is 2.29. The monoisotopic (exact) mass is 187 g/mol. The zero-order valence-corrected chi connectivity index (χ0v) is 7.75. The van der Waals surface area contributed by atoms with Crippen molar-refractivity contribution in [2.75, 3.05) is 0 Å². The molecule has 0 aromatic carbocycles. The second kappa shape index (κ2) is 3.58. The number of rotatable bonds is 2. The summed E-state index contributed by atoms with van der Waals surface area (Å²) < 4.78 is 2.77. The van der Waals surface area contributed by atoms with Gasteiger partial charge in [0.1, 0.15) is 6.33 Å². The largest absolute Gasteiger partial charge is 0.345 e. The minimum Gasteiger partial charge on any atom is -0.285 e. The summed E-state index contributed by atoms with van der Waals surface area (Å²) in [6, 6.07) is 0. The van der Waals surface area contributed by atoms with E-state index in [-0.39, 0.29) is 5.69 Å². The van der Waals surface area contributed by atoms with Crippen molar-refractivity contribution < 1.29 is 0 Å². The quantitative estimate of drug-likeness (QED) is 0.685. The van der Waals surface area contributed by atoms with E-state index in [1.165, 1.54) is 21.1 Å². The highest BCUT2D eigenvalue weighted by Gasteiger charge is 2.00. The van der Waals surface area contributed by atoms with E-state index in [0.717, 1.165) is 5.57 Å². The lowest BCUT2D eigenvalue weighted by Crippen LogP contribution is -2.23. The fourth-order valence-corrected chi connectivity index (χ4v) is 0.869. The van der Waals surface area contributed by atoms with Gasteiger partial charge in [-0.15, -0.1) is 0 Å². The maximum absolute atomic E-state index is 11.2. The lowest BCUT2D eigenvalue weighted by atomic mass is 10.3. The van der Waals surface area contributed by atoms with Crippen LogP contribution in [0.2, 0.25) is 0 Å². The molecule has 0 atom stereocenters. The highest BCUT2D eigenvalue weighted by atomic mass is 35.5. The number of hydrogen-bond donors (Lipinski definition) is 0. The molecule has 1 rings (SSSR count). The van der Waals surface area contributed by atoms with Gasteiger partial charge in [-0.1, -0.05) is 11.6 Å². The highest BCUT2D eigenvalue weighted by Crippen LogP contribution is 1.96. The van der Waals surface area contributed by atoms with E-state index in [4.69, 9.17) is 11.6 Å². The number of nitrogens with zero attached hydrogens (tertiary/aromatic N) is 3. The molecule has 0 saturated heterocycles. The van der Waals surface area contributed by atoms with Crippen LogP contribution in [0.5, 0.6) is 0 Å². The number of aryl methyl sites for hydroxylation is 1. The zero-order chi connectivity index (χ0) is 9.14. The first-order chi connectivity index (χ1) is 5.65. The van der Waals surface area contributed by atoms with Crippen LogP contribution in [0.15, 0.2) is 22.2 Å². The minimum absolute atomic E-state index is 0.132.